The SMILES string of the molecule is CCC(C)C(NC(=O)C(CC(C)C)NC(=O)C(N)C(C)C)C(=O)NC(Cc1c[nH]c2ccccc12)C(=O)O. The number of aliphatic carboxylic acids is 1. The fraction of sp³-hybridized carbons (Fsp3) is 0.571. The van der Waals surface area contributed by atoms with Crippen LogP contribution in [-0.2, 0) is 25.6 Å². The van der Waals surface area contributed by atoms with E-state index in [2.05, 4.69) is 20.9 Å². The molecule has 0 aliphatic carbocycles. The molecule has 0 fully saturated rings. The van der Waals surface area contributed by atoms with E-state index < -0.39 is 47.9 Å². The number of amides is 3. The Morgan fingerprint density at radius 3 is 2.13 bits per heavy atom. The first kappa shape index (κ1) is 30.8. The predicted octanol–water partition coefficient (Wildman–Crippen LogP) is 2.32. The average Bonchev–Trinajstić information content (AvgIpc) is 3.27. The highest BCUT2D eigenvalue weighted by Gasteiger charge is 2.33. The minimum absolute atomic E-state index is 0.0748. The van der Waals surface area contributed by atoms with Gasteiger partial charge in [-0.3, -0.25) is 14.4 Å². The zero-order valence-corrected chi connectivity index (χ0v) is 23.2. The summed E-state index contributed by atoms with van der Waals surface area (Å²) in [5.41, 5.74) is 7.60. The van der Waals surface area contributed by atoms with E-state index in [1.54, 1.807) is 6.20 Å². The largest absolute Gasteiger partial charge is 0.480 e. The van der Waals surface area contributed by atoms with Crippen LogP contribution in [0.3, 0.4) is 0 Å². The Kier molecular flexibility index (Phi) is 11.3. The molecular formula is C28H43N5O5. The third kappa shape index (κ3) is 8.31. The van der Waals surface area contributed by atoms with Crippen molar-refractivity contribution in [2.45, 2.75) is 85.0 Å². The molecule has 1 heterocycles. The number of para-hydroxylation sites is 1. The molecule has 10 heteroatoms. The number of fused-ring (bicyclic) bond motifs is 1. The lowest BCUT2D eigenvalue weighted by Crippen LogP contribution is -2.59. The number of carboxylic acid groups (broad SMARTS) is 1. The first-order chi connectivity index (χ1) is 17.8. The molecule has 3 amide bonds. The third-order valence-electron chi connectivity index (χ3n) is 6.87. The Hall–Kier alpha value is -3.40. The van der Waals surface area contributed by atoms with Gasteiger partial charge in [0.15, 0.2) is 0 Å². The second-order valence-electron chi connectivity index (χ2n) is 10.8. The minimum atomic E-state index is -1.19. The number of carbonyl (C=O) groups excluding carboxylic acids is 3. The lowest BCUT2D eigenvalue weighted by molar-refractivity contribution is -0.142. The zero-order valence-electron chi connectivity index (χ0n) is 23.2. The molecule has 38 heavy (non-hydrogen) atoms. The molecule has 2 rings (SSSR count). The van der Waals surface area contributed by atoms with Crippen LogP contribution in [-0.4, -0.2) is 57.9 Å². The number of H-pyrrole nitrogens is 1. The van der Waals surface area contributed by atoms with Gasteiger partial charge < -0.3 is 31.8 Å². The Morgan fingerprint density at radius 2 is 1.55 bits per heavy atom. The highest BCUT2D eigenvalue weighted by molar-refractivity contribution is 5.94. The summed E-state index contributed by atoms with van der Waals surface area (Å²) in [6.07, 6.45) is 2.74. The van der Waals surface area contributed by atoms with E-state index in [9.17, 15) is 24.3 Å². The number of nitrogens with two attached hydrogens (primary N) is 1. The molecule has 0 saturated carbocycles. The number of carboxylic acids is 1. The number of hydrogen-bond acceptors (Lipinski definition) is 5. The molecule has 0 spiro atoms. The topological polar surface area (TPSA) is 166 Å². The molecular weight excluding hydrogens is 486 g/mol. The first-order valence-electron chi connectivity index (χ1n) is 13.3. The monoisotopic (exact) mass is 529 g/mol. The van der Waals surface area contributed by atoms with Crippen LogP contribution in [0.25, 0.3) is 10.9 Å². The lowest BCUT2D eigenvalue weighted by Gasteiger charge is -2.29. The van der Waals surface area contributed by atoms with Gasteiger partial charge in [-0.15, -0.1) is 0 Å². The summed E-state index contributed by atoms with van der Waals surface area (Å²) in [5.74, 6) is -3.01. The maximum Gasteiger partial charge on any atom is 0.326 e. The lowest BCUT2D eigenvalue weighted by atomic mass is 9.95. The number of aromatic nitrogens is 1. The maximum absolute atomic E-state index is 13.3. The van der Waals surface area contributed by atoms with Gasteiger partial charge in [0, 0.05) is 23.5 Å². The van der Waals surface area contributed by atoms with E-state index in [-0.39, 0.29) is 24.2 Å². The highest BCUT2D eigenvalue weighted by atomic mass is 16.4. The second kappa shape index (κ2) is 13.9. The van der Waals surface area contributed by atoms with Gasteiger partial charge in [0.25, 0.3) is 0 Å². The average molecular weight is 530 g/mol. The summed E-state index contributed by atoms with van der Waals surface area (Å²) in [7, 11) is 0. The van der Waals surface area contributed by atoms with E-state index in [1.165, 1.54) is 0 Å². The quantitative estimate of drug-likeness (QED) is 0.220. The predicted molar refractivity (Wildman–Crippen MR) is 147 cm³/mol. The van der Waals surface area contributed by atoms with Crippen LogP contribution in [0.15, 0.2) is 30.5 Å². The smallest absolute Gasteiger partial charge is 0.326 e. The van der Waals surface area contributed by atoms with Crippen molar-refractivity contribution in [2.75, 3.05) is 0 Å². The van der Waals surface area contributed by atoms with Crippen molar-refractivity contribution in [3.05, 3.63) is 36.0 Å². The Balaban J connectivity index is 2.20. The van der Waals surface area contributed by atoms with Crippen LogP contribution in [0.4, 0.5) is 0 Å². The van der Waals surface area contributed by atoms with E-state index in [0.29, 0.717) is 12.8 Å². The molecule has 5 unspecified atom stereocenters. The van der Waals surface area contributed by atoms with Crippen LogP contribution in [0.1, 0.15) is 59.9 Å². The summed E-state index contributed by atoms with van der Waals surface area (Å²) in [6, 6.07) is 3.69. The number of rotatable bonds is 14. The Morgan fingerprint density at radius 1 is 0.921 bits per heavy atom. The van der Waals surface area contributed by atoms with Crippen molar-refractivity contribution in [3.63, 3.8) is 0 Å². The van der Waals surface area contributed by atoms with E-state index in [0.717, 1.165) is 16.5 Å². The van der Waals surface area contributed by atoms with Crippen molar-refractivity contribution in [1.29, 1.82) is 0 Å². The molecule has 0 saturated heterocycles. The molecule has 0 aliphatic heterocycles. The van der Waals surface area contributed by atoms with Gasteiger partial charge in [-0.25, -0.2) is 4.79 Å². The Labute approximate surface area is 224 Å². The van der Waals surface area contributed by atoms with Gasteiger partial charge >= 0.3 is 5.97 Å². The standard InChI is InChI=1S/C28H43N5O5/c1-7-17(6)24(33-25(34)21(12-15(2)3)31-26(35)23(29)16(4)5)27(36)32-22(28(37)38)13-18-14-30-20-11-9-8-10-19(18)20/h8-11,14-17,21-24,30H,7,12-13,29H2,1-6H3,(H,31,35)(H,32,36)(H,33,34)(H,37,38). The molecule has 5 atom stereocenters. The van der Waals surface area contributed by atoms with Gasteiger partial charge in [-0.1, -0.05) is 66.2 Å². The molecule has 210 valence electrons. The van der Waals surface area contributed by atoms with Crippen LogP contribution >= 0.6 is 0 Å². The van der Waals surface area contributed by atoms with Crippen LogP contribution in [0.5, 0.6) is 0 Å². The van der Waals surface area contributed by atoms with Gasteiger partial charge in [0.05, 0.1) is 6.04 Å². The minimum Gasteiger partial charge on any atom is -0.480 e. The van der Waals surface area contributed by atoms with Gasteiger partial charge in [-0.05, 0) is 35.8 Å². The fourth-order valence-electron chi connectivity index (χ4n) is 4.21. The fourth-order valence-corrected chi connectivity index (χ4v) is 4.21. The second-order valence-corrected chi connectivity index (χ2v) is 10.8. The van der Waals surface area contributed by atoms with Crippen molar-refractivity contribution in [2.24, 2.45) is 23.5 Å². The molecule has 1 aromatic heterocycles. The molecule has 7 N–H and O–H groups in total. The number of carbonyl (C=O) groups is 4. The van der Waals surface area contributed by atoms with E-state index in [4.69, 9.17) is 5.73 Å². The van der Waals surface area contributed by atoms with Crippen LogP contribution in [0, 0.1) is 17.8 Å². The molecule has 0 radical (unpaired) electrons. The number of hydrogen-bond donors (Lipinski definition) is 6. The van der Waals surface area contributed by atoms with E-state index in [1.807, 2.05) is 65.8 Å². The van der Waals surface area contributed by atoms with Gasteiger partial charge in [0.1, 0.15) is 18.1 Å². The van der Waals surface area contributed by atoms with Gasteiger partial charge in [-0.2, -0.15) is 0 Å². The number of nitrogens with one attached hydrogen (secondary N) is 4. The van der Waals surface area contributed by atoms with Crippen LogP contribution < -0.4 is 21.7 Å². The Bertz CT molecular complexity index is 1110. The zero-order chi connectivity index (χ0) is 28.6. The normalized spacial score (nSPS) is 15.5. The summed E-state index contributed by atoms with van der Waals surface area (Å²) in [4.78, 5) is 54.4. The third-order valence-corrected chi connectivity index (χ3v) is 6.87. The first-order valence-corrected chi connectivity index (χ1v) is 13.3. The van der Waals surface area contributed by atoms with Crippen molar-refractivity contribution >= 4 is 34.6 Å². The molecule has 10 nitrogen and oxygen atoms in total. The summed E-state index contributed by atoms with van der Waals surface area (Å²) in [5, 5.41) is 18.9. The molecule has 0 aliphatic rings. The number of benzene rings is 1. The summed E-state index contributed by atoms with van der Waals surface area (Å²) in [6.45, 7) is 11.2. The van der Waals surface area contributed by atoms with Crippen molar-refractivity contribution < 1.29 is 24.3 Å². The summed E-state index contributed by atoms with van der Waals surface area (Å²) < 4.78 is 0. The maximum atomic E-state index is 13.3. The molecule has 0 bridgehead atoms. The summed E-state index contributed by atoms with van der Waals surface area (Å²) >= 11 is 0. The van der Waals surface area contributed by atoms with E-state index >= 15 is 0 Å². The highest BCUT2D eigenvalue weighted by Crippen LogP contribution is 2.19. The van der Waals surface area contributed by atoms with Crippen LogP contribution in [0.2, 0.25) is 0 Å². The van der Waals surface area contributed by atoms with Crippen molar-refractivity contribution in [3.8, 4) is 0 Å². The molecule has 1 aromatic carbocycles. The number of aromatic amines is 1. The van der Waals surface area contributed by atoms with Gasteiger partial charge in [0.2, 0.25) is 17.7 Å². The molecule has 2 aromatic rings. The van der Waals surface area contributed by atoms with Crippen molar-refractivity contribution in [1.82, 2.24) is 20.9 Å².